The lowest BCUT2D eigenvalue weighted by Crippen LogP contribution is -2.54. The highest BCUT2D eigenvalue weighted by Gasteiger charge is 2.37. The van der Waals surface area contributed by atoms with Crippen molar-refractivity contribution in [3.63, 3.8) is 0 Å². The molecule has 1 fully saturated rings. The van der Waals surface area contributed by atoms with Gasteiger partial charge in [-0.05, 0) is 72.0 Å². The summed E-state index contributed by atoms with van der Waals surface area (Å²) in [6, 6.07) is 15.2. The Bertz CT molecular complexity index is 1340. The van der Waals surface area contributed by atoms with E-state index in [1.165, 1.54) is 24.3 Å². The molecule has 33 heavy (non-hydrogen) atoms. The Hall–Kier alpha value is -3.48. The second-order valence-electron chi connectivity index (χ2n) is 7.55. The molecule has 8 heteroatoms. The zero-order chi connectivity index (χ0) is 23.7. The predicted octanol–water partition coefficient (Wildman–Crippen LogP) is 5.70. The molecule has 1 aliphatic heterocycles. The number of benzene rings is 3. The molecule has 0 bridgehead atoms. The van der Waals surface area contributed by atoms with Crippen LogP contribution in [-0.4, -0.2) is 17.8 Å². The average Bonchev–Trinajstić information content (AvgIpc) is 2.75. The lowest BCUT2D eigenvalue weighted by atomic mass is 10.0. The highest BCUT2D eigenvalue weighted by molar-refractivity contribution is 6.39. The Morgan fingerprint density at radius 2 is 1.79 bits per heavy atom. The van der Waals surface area contributed by atoms with Crippen molar-refractivity contribution in [2.75, 3.05) is 4.90 Å². The number of carbonyl (C=O) groups is 3. The lowest BCUT2D eigenvalue weighted by molar-refractivity contribution is -0.122. The maximum atomic E-state index is 13.5. The van der Waals surface area contributed by atoms with Gasteiger partial charge in [-0.2, -0.15) is 0 Å². The number of rotatable bonds is 4. The molecule has 166 valence electrons. The first kappa shape index (κ1) is 22.7. The van der Waals surface area contributed by atoms with Gasteiger partial charge < -0.3 is 0 Å². The van der Waals surface area contributed by atoms with Gasteiger partial charge in [-0.1, -0.05) is 53.5 Å². The molecule has 1 aliphatic rings. The van der Waals surface area contributed by atoms with Crippen molar-refractivity contribution in [1.82, 2.24) is 5.32 Å². The van der Waals surface area contributed by atoms with E-state index in [0.29, 0.717) is 27.6 Å². The molecule has 3 aromatic carbocycles. The molecular formula is C25H17Cl2FN2O3. The second-order valence-corrected chi connectivity index (χ2v) is 8.39. The number of urea groups is 1. The van der Waals surface area contributed by atoms with Crippen LogP contribution >= 0.6 is 23.2 Å². The van der Waals surface area contributed by atoms with Crippen LogP contribution in [0.25, 0.3) is 6.08 Å². The van der Waals surface area contributed by atoms with Crippen LogP contribution in [0.3, 0.4) is 0 Å². The summed E-state index contributed by atoms with van der Waals surface area (Å²) in [7, 11) is 0. The van der Waals surface area contributed by atoms with E-state index in [9.17, 15) is 18.8 Å². The topological polar surface area (TPSA) is 66.5 Å². The number of carbonyl (C=O) groups excluding carboxylic acids is 3. The van der Waals surface area contributed by atoms with Crippen LogP contribution in [0, 0.1) is 12.7 Å². The van der Waals surface area contributed by atoms with E-state index in [1.807, 2.05) is 0 Å². The average molecular weight is 483 g/mol. The third kappa shape index (κ3) is 4.82. The summed E-state index contributed by atoms with van der Waals surface area (Å²) in [6.07, 6.45) is 1.79. The fraction of sp³-hybridized carbons (Fsp3) is 0.0800. The van der Waals surface area contributed by atoms with Crippen LogP contribution in [0.1, 0.15) is 22.3 Å². The summed E-state index contributed by atoms with van der Waals surface area (Å²) in [4.78, 5) is 38.8. The van der Waals surface area contributed by atoms with Crippen molar-refractivity contribution in [3.8, 4) is 0 Å². The van der Waals surface area contributed by atoms with E-state index < -0.39 is 17.8 Å². The molecule has 4 amide bonds. The highest BCUT2D eigenvalue weighted by Crippen LogP contribution is 2.29. The van der Waals surface area contributed by atoms with Crippen molar-refractivity contribution in [2.24, 2.45) is 0 Å². The van der Waals surface area contributed by atoms with Gasteiger partial charge in [-0.25, -0.2) is 14.1 Å². The van der Waals surface area contributed by atoms with Gasteiger partial charge in [0.1, 0.15) is 11.4 Å². The van der Waals surface area contributed by atoms with Crippen molar-refractivity contribution < 1.29 is 18.8 Å². The van der Waals surface area contributed by atoms with Gasteiger partial charge in [0.15, 0.2) is 0 Å². The number of imide groups is 2. The quantitative estimate of drug-likeness (QED) is 0.383. The maximum Gasteiger partial charge on any atom is 0.335 e. The van der Waals surface area contributed by atoms with Gasteiger partial charge in [0.25, 0.3) is 11.8 Å². The Labute approximate surface area is 199 Å². The molecule has 4 rings (SSSR count). The number of nitrogens with one attached hydrogen (secondary N) is 1. The number of hydrogen-bond donors (Lipinski definition) is 1. The third-order valence-corrected chi connectivity index (χ3v) is 5.77. The summed E-state index contributed by atoms with van der Waals surface area (Å²) in [5.41, 5.74) is 2.72. The van der Waals surface area contributed by atoms with E-state index in [2.05, 4.69) is 5.32 Å². The van der Waals surface area contributed by atoms with E-state index in [-0.39, 0.29) is 17.1 Å². The lowest BCUT2D eigenvalue weighted by Gasteiger charge is -2.27. The molecule has 0 unspecified atom stereocenters. The van der Waals surface area contributed by atoms with Gasteiger partial charge in [0.05, 0.1) is 5.69 Å². The normalized spacial score (nSPS) is 15.2. The molecule has 1 N–H and O–H groups in total. The summed E-state index contributed by atoms with van der Waals surface area (Å²) in [5, 5.41) is 2.93. The van der Waals surface area contributed by atoms with Crippen LogP contribution in [0.5, 0.6) is 0 Å². The van der Waals surface area contributed by atoms with Crippen LogP contribution < -0.4 is 10.2 Å². The van der Waals surface area contributed by atoms with Gasteiger partial charge in [-0.3, -0.25) is 14.9 Å². The first-order valence-electron chi connectivity index (χ1n) is 9.93. The van der Waals surface area contributed by atoms with Gasteiger partial charge in [0, 0.05) is 10.0 Å². The zero-order valence-electron chi connectivity index (χ0n) is 17.4. The fourth-order valence-electron chi connectivity index (χ4n) is 3.53. The van der Waals surface area contributed by atoms with Crippen LogP contribution in [0.15, 0.2) is 66.2 Å². The largest absolute Gasteiger partial charge is 0.335 e. The van der Waals surface area contributed by atoms with Gasteiger partial charge in [0.2, 0.25) is 0 Å². The number of amides is 4. The van der Waals surface area contributed by atoms with Gasteiger partial charge >= 0.3 is 6.03 Å². The Kier molecular flexibility index (Phi) is 6.31. The van der Waals surface area contributed by atoms with Crippen molar-refractivity contribution in [1.29, 1.82) is 0 Å². The van der Waals surface area contributed by atoms with E-state index >= 15 is 0 Å². The second kappa shape index (κ2) is 9.17. The molecule has 1 heterocycles. The number of halogens is 3. The summed E-state index contributed by atoms with van der Waals surface area (Å²) < 4.78 is 13.5. The molecule has 5 nitrogen and oxygen atoms in total. The number of barbiturate groups is 1. The number of aryl methyl sites for hydroxylation is 1. The number of hydrogen-bond acceptors (Lipinski definition) is 3. The molecule has 0 spiro atoms. The monoisotopic (exact) mass is 482 g/mol. The summed E-state index contributed by atoms with van der Waals surface area (Å²) in [6.45, 7) is 1.73. The number of anilines is 1. The molecule has 0 radical (unpaired) electrons. The van der Waals surface area contributed by atoms with Crippen molar-refractivity contribution >= 4 is 52.8 Å². The molecule has 1 saturated heterocycles. The van der Waals surface area contributed by atoms with Crippen molar-refractivity contribution in [2.45, 2.75) is 13.3 Å². The number of nitrogens with zero attached hydrogens (tertiary/aromatic N) is 1. The minimum absolute atomic E-state index is 0.220. The molecule has 0 aromatic heterocycles. The molecule has 0 atom stereocenters. The Morgan fingerprint density at radius 3 is 2.52 bits per heavy atom. The minimum Gasteiger partial charge on any atom is -0.273 e. The first-order valence-corrected chi connectivity index (χ1v) is 10.7. The predicted molar refractivity (Wildman–Crippen MR) is 126 cm³/mol. The van der Waals surface area contributed by atoms with E-state index in [4.69, 9.17) is 23.2 Å². The van der Waals surface area contributed by atoms with Crippen molar-refractivity contribution in [3.05, 3.63) is 104 Å². The van der Waals surface area contributed by atoms with E-state index in [1.54, 1.807) is 49.4 Å². The van der Waals surface area contributed by atoms with Crippen LogP contribution in [-0.2, 0) is 16.0 Å². The maximum absolute atomic E-state index is 13.5. The fourth-order valence-corrected chi connectivity index (χ4v) is 3.95. The van der Waals surface area contributed by atoms with E-state index in [0.717, 1.165) is 16.0 Å². The summed E-state index contributed by atoms with van der Waals surface area (Å²) >= 11 is 12.4. The smallest absolute Gasteiger partial charge is 0.273 e. The molecule has 0 saturated carbocycles. The van der Waals surface area contributed by atoms with Gasteiger partial charge in [-0.15, -0.1) is 0 Å². The highest BCUT2D eigenvalue weighted by atomic mass is 35.5. The zero-order valence-corrected chi connectivity index (χ0v) is 18.9. The Morgan fingerprint density at radius 1 is 1.00 bits per heavy atom. The molecule has 0 aliphatic carbocycles. The molecular weight excluding hydrogens is 466 g/mol. The standard InChI is InChI=1S/C25H17Cl2FN2O3/c1-14-5-8-18(26)13-22(14)30-24(32)20(23(31)29-25(30)33)11-16-6-7-17(21(27)12-16)9-15-3-2-4-19(28)10-15/h2-8,10-13H,9H2,1H3,(H,29,31,33)/b20-11+. The van der Waals surface area contributed by atoms with Crippen LogP contribution in [0.2, 0.25) is 10.0 Å². The Balaban J connectivity index is 1.65. The first-order chi connectivity index (χ1) is 15.7. The third-order valence-electron chi connectivity index (χ3n) is 5.19. The summed E-state index contributed by atoms with van der Waals surface area (Å²) in [5.74, 6) is -1.91. The minimum atomic E-state index is -0.851. The SMILES string of the molecule is Cc1ccc(Cl)cc1N1C(=O)NC(=O)/C(=C\c2ccc(Cc3cccc(F)c3)c(Cl)c2)C1=O. The van der Waals surface area contributed by atoms with Crippen LogP contribution in [0.4, 0.5) is 14.9 Å². The molecule has 3 aromatic rings.